The van der Waals surface area contributed by atoms with E-state index in [1.54, 1.807) is 0 Å². The van der Waals surface area contributed by atoms with Crippen molar-refractivity contribution >= 4 is 39.7 Å². The molecule has 0 atom stereocenters. The zero-order valence-corrected chi connectivity index (χ0v) is 11.8. The average molecular weight is 345 g/mol. The Morgan fingerprint density at radius 1 is 1.47 bits per heavy atom. The van der Waals surface area contributed by atoms with Crippen molar-refractivity contribution < 1.29 is 4.39 Å². The molecule has 0 saturated carbocycles. The minimum atomic E-state index is -0.463. The lowest BCUT2D eigenvalue weighted by atomic mass is 10.1. The van der Waals surface area contributed by atoms with Gasteiger partial charge in [-0.3, -0.25) is 15.4 Å². The molecule has 2 rings (SSSR count). The van der Waals surface area contributed by atoms with E-state index in [2.05, 4.69) is 20.9 Å². The maximum absolute atomic E-state index is 13.0. The summed E-state index contributed by atoms with van der Waals surface area (Å²) in [5, 5.41) is 15.0. The molecule has 1 aromatic heterocycles. The van der Waals surface area contributed by atoms with E-state index in [4.69, 9.17) is 28.2 Å². The van der Waals surface area contributed by atoms with Crippen molar-refractivity contribution in [2.45, 2.75) is 0 Å². The molecule has 2 aromatic rings. The number of nitrogen functional groups attached to an aromatic ring is 1. The first-order valence-electron chi connectivity index (χ1n) is 5.03. The van der Waals surface area contributed by atoms with E-state index in [1.165, 1.54) is 12.1 Å². The SMILES string of the molecule is N=Cn1c(N)c(Br)c(-c2ccc(F)cc2Cl)nc1=N. The summed E-state index contributed by atoms with van der Waals surface area (Å²) in [7, 11) is 0. The van der Waals surface area contributed by atoms with Crippen LogP contribution in [0, 0.1) is 16.6 Å². The van der Waals surface area contributed by atoms with Gasteiger partial charge < -0.3 is 5.73 Å². The Morgan fingerprint density at radius 2 is 2.16 bits per heavy atom. The second-order valence-corrected chi connectivity index (χ2v) is 4.81. The van der Waals surface area contributed by atoms with Crippen LogP contribution in [-0.2, 0) is 0 Å². The van der Waals surface area contributed by atoms with Crippen molar-refractivity contribution in [2.75, 3.05) is 5.73 Å². The first-order chi connectivity index (χ1) is 8.95. The minimum absolute atomic E-state index is 0.144. The highest BCUT2D eigenvalue weighted by molar-refractivity contribution is 9.10. The first kappa shape index (κ1) is 13.7. The fraction of sp³-hybridized carbons (Fsp3) is 0. The maximum atomic E-state index is 13.0. The summed E-state index contributed by atoms with van der Waals surface area (Å²) in [4.78, 5) is 4.01. The van der Waals surface area contributed by atoms with Crippen LogP contribution in [-0.4, -0.2) is 15.9 Å². The molecule has 0 radical (unpaired) electrons. The molecule has 0 aliphatic carbocycles. The summed E-state index contributed by atoms with van der Waals surface area (Å²) in [5.41, 5.74) is 6.36. The highest BCUT2D eigenvalue weighted by atomic mass is 79.9. The van der Waals surface area contributed by atoms with Crippen LogP contribution in [0.2, 0.25) is 5.02 Å². The molecule has 98 valence electrons. The van der Waals surface area contributed by atoms with Gasteiger partial charge >= 0.3 is 0 Å². The van der Waals surface area contributed by atoms with Crippen LogP contribution in [0.25, 0.3) is 11.3 Å². The van der Waals surface area contributed by atoms with Crippen molar-refractivity contribution in [3.05, 3.63) is 39.1 Å². The predicted molar refractivity (Wildman–Crippen MR) is 74.8 cm³/mol. The fourth-order valence-electron chi connectivity index (χ4n) is 1.54. The van der Waals surface area contributed by atoms with E-state index in [-0.39, 0.29) is 16.5 Å². The summed E-state index contributed by atoms with van der Waals surface area (Å²) < 4.78 is 14.5. The Hall–Kier alpha value is -1.73. The van der Waals surface area contributed by atoms with Gasteiger partial charge in [0.15, 0.2) is 0 Å². The summed E-state index contributed by atoms with van der Waals surface area (Å²) in [6, 6.07) is 3.85. The Labute approximate surface area is 121 Å². The molecule has 19 heavy (non-hydrogen) atoms. The zero-order chi connectivity index (χ0) is 14.2. The normalized spacial score (nSPS) is 10.5. The van der Waals surface area contributed by atoms with Crippen LogP contribution in [0.5, 0.6) is 0 Å². The number of benzene rings is 1. The quantitative estimate of drug-likeness (QED) is 0.577. The molecule has 1 heterocycles. The predicted octanol–water partition coefficient (Wildman–Crippen LogP) is 2.62. The Morgan fingerprint density at radius 3 is 2.74 bits per heavy atom. The van der Waals surface area contributed by atoms with Gasteiger partial charge in [-0.05, 0) is 34.1 Å². The molecule has 5 nitrogen and oxygen atoms in total. The number of nitrogens with zero attached hydrogens (tertiary/aromatic N) is 2. The second kappa shape index (κ2) is 5.10. The number of anilines is 1. The summed E-state index contributed by atoms with van der Waals surface area (Å²) in [6.45, 7) is 0. The number of hydrogen-bond donors (Lipinski definition) is 3. The number of halogens is 3. The molecule has 0 fully saturated rings. The first-order valence-corrected chi connectivity index (χ1v) is 6.21. The van der Waals surface area contributed by atoms with E-state index >= 15 is 0 Å². The van der Waals surface area contributed by atoms with Gasteiger partial charge in [-0.2, -0.15) is 0 Å². The third kappa shape index (κ3) is 2.39. The fourth-order valence-corrected chi connectivity index (χ4v) is 2.29. The number of nitrogens with two attached hydrogens (primary N) is 1. The minimum Gasteiger partial charge on any atom is -0.384 e. The lowest BCUT2D eigenvalue weighted by Crippen LogP contribution is -2.26. The van der Waals surface area contributed by atoms with Crippen molar-refractivity contribution in [1.29, 1.82) is 10.8 Å². The Bertz CT molecular complexity index is 728. The highest BCUT2D eigenvalue weighted by Crippen LogP contribution is 2.33. The Balaban J connectivity index is 2.77. The van der Waals surface area contributed by atoms with Crippen LogP contribution in [0.15, 0.2) is 22.7 Å². The molecular formula is C11H8BrClFN5. The second-order valence-electron chi connectivity index (χ2n) is 3.61. The van der Waals surface area contributed by atoms with Gasteiger partial charge in [-0.1, -0.05) is 11.6 Å². The van der Waals surface area contributed by atoms with E-state index in [0.717, 1.165) is 17.0 Å². The van der Waals surface area contributed by atoms with Crippen LogP contribution >= 0.6 is 27.5 Å². The number of rotatable bonds is 2. The van der Waals surface area contributed by atoms with Crippen LogP contribution in [0.4, 0.5) is 10.2 Å². The maximum Gasteiger partial charge on any atom is 0.229 e. The molecule has 0 amide bonds. The van der Waals surface area contributed by atoms with Gasteiger partial charge in [-0.15, -0.1) is 0 Å². The van der Waals surface area contributed by atoms with Crippen molar-refractivity contribution in [1.82, 2.24) is 9.55 Å². The van der Waals surface area contributed by atoms with Crippen LogP contribution in [0.1, 0.15) is 0 Å². The number of nitrogens with one attached hydrogen (secondary N) is 2. The van der Waals surface area contributed by atoms with Crippen molar-refractivity contribution in [3.8, 4) is 11.3 Å². The number of aromatic nitrogens is 2. The topological polar surface area (TPSA) is 91.5 Å². The molecule has 0 bridgehead atoms. The van der Waals surface area contributed by atoms with Crippen LogP contribution in [0.3, 0.4) is 0 Å². The number of hydrogen-bond acceptors (Lipinski definition) is 4. The van der Waals surface area contributed by atoms with Gasteiger partial charge in [0.2, 0.25) is 5.62 Å². The largest absolute Gasteiger partial charge is 0.384 e. The monoisotopic (exact) mass is 343 g/mol. The van der Waals surface area contributed by atoms with E-state index in [0.29, 0.717) is 15.7 Å². The van der Waals surface area contributed by atoms with Gasteiger partial charge in [0, 0.05) is 5.56 Å². The summed E-state index contributed by atoms with van der Waals surface area (Å²) >= 11 is 9.21. The molecule has 0 spiro atoms. The zero-order valence-electron chi connectivity index (χ0n) is 9.42. The van der Waals surface area contributed by atoms with Gasteiger partial charge in [0.1, 0.15) is 11.6 Å². The molecule has 0 unspecified atom stereocenters. The van der Waals surface area contributed by atoms with E-state index in [1.807, 2.05) is 0 Å². The lowest BCUT2D eigenvalue weighted by molar-refractivity contribution is 0.628. The molecule has 8 heteroatoms. The Kier molecular flexibility index (Phi) is 3.68. The van der Waals surface area contributed by atoms with Crippen molar-refractivity contribution in [3.63, 3.8) is 0 Å². The van der Waals surface area contributed by atoms with Crippen LogP contribution < -0.4 is 11.4 Å². The third-order valence-corrected chi connectivity index (χ3v) is 3.55. The van der Waals surface area contributed by atoms with Gasteiger partial charge in [0.05, 0.1) is 21.5 Å². The summed E-state index contributed by atoms with van der Waals surface area (Å²) in [6.07, 6.45) is 0.880. The molecule has 0 saturated heterocycles. The van der Waals surface area contributed by atoms with Gasteiger partial charge in [-0.25, -0.2) is 9.37 Å². The third-order valence-electron chi connectivity index (χ3n) is 2.45. The summed E-state index contributed by atoms with van der Waals surface area (Å²) in [5.74, 6) is -0.320. The van der Waals surface area contributed by atoms with E-state index in [9.17, 15) is 4.39 Å². The molecule has 0 aliphatic heterocycles. The molecule has 1 aromatic carbocycles. The molecular weight excluding hydrogens is 337 g/mol. The average Bonchev–Trinajstić information content (AvgIpc) is 2.35. The molecule has 4 N–H and O–H groups in total. The standard InChI is InChI=1S/C11H8BrClFN5/c12-8-9(6-2-1-5(14)3-7(6)13)18-11(17)19(4-15)10(8)16/h1-4,15,17H,16H2. The smallest absolute Gasteiger partial charge is 0.229 e. The lowest BCUT2D eigenvalue weighted by Gasteiger charge is -2.11. The highest BCUT2D eigenvalue weighted by Gasteiger charge is 2.15. The van der Waals surface area contributed by atoms with Crippen molar-refractivity contribution in [2.24, 2.45) is 0 Å². The van der Waals surface area contributed by atoms with Gasteiger partial charge in [0.25, 0.3) is 0 Å². The molecule has 0 aliphatic rings. The van der Waals surface area contributed by atoms with E-state index < -0.39 is 5.82 Å².